The average Bonchev–Trinajstić information content (AvgIpc) is 3.13. The molecule has 3 aromatic rings. The van der Waals surface area contributed by atoms with E-state index in [1.165, 1.54) is 16.3 Å². The van der Waals surface area contributed by atoms with E-state index in [0.717, 1.165) is 24.0 Å². The van der Waals surface area contributed by atoms with E-state index in [-0.39, 0.29) is 0 Å². The summed E-state index contributed by atoms with van der Waals surface area (Å²) in [7, 11) is 0. The average molecular weight is 350 g/mol. The molecule has 0 aliphatic rings. The van der Waals surface area contributed by atoms with E-state index in [1.54, 1.807) is 0 Å². The topological polar surface area (TPSA) is 62.5 Å². The predicted molar refractivity (Wildman–Crippen MR) is 106 cm³/mol. The van der Waals surface area contributed by atoms with Gasteiger partial charge in [0.2, 0.25) is 0 Å². The molecule has 0 saturated heterocycles. The van der Waals surface area contributed by atoms with Gasteiger partial charge < -0.3 is 15.2 Å². The Morgan fingerprint density at radius 3 is 2.69 bits per heavy atom. The van der Waals surface area contributed by atoms with Crippen LogP contribution < -0.4 is 10.6 Å². The maximum Gasteiger partial charge on any atom is 0.191 e. The minimum atomic E-state index is 0.362. The molecule has 0 bridgehead atoms. The van der Waals surface area contributed by atoms with Crippen molar-refractivity contribution in [1.82, 2.24) is 15.8 Å². The van der Waals surface area contributed by atoms with Crippen LogP contribution in [-0.2, 0) is 13.1 Å². The Bertz CT molecular complexity index is 877. The molecule has 5 nitrogen and oxygen atoms in total. The first-order chi connectivity index (χ1) is 12.7. The van der Waals surface area contributed by atoms with E-state index in [0.29, 0.717) is 19.0 Å². The summed E-state index contributed by atoms with van der Waals surface area (Å²) in [6.07, 6.45) is 0. The molecule has 0 aliphatic carbocycles. The normalized spacial score (nSPS) is 11.9. The molecule has 0 fully saturated rings. The van der Waals surface area contributed by atoms with E-state index in [1.807, 2.05) is 6.07 Å². The monoisotopic (exact) mass is 350 g/mol. The third kappa shape index (κ3) is 4.42. The Morgan fingerprint density at radius 2 is 1.92 bits per heavy atom. The van der Waals surface area contributed by atoms with Crippen LogP contribution >= 0.6 is 0 Å². The molecule has 0 amide bonds. The first-order valence-electron chi connectivity index (χ1n) is 9.11. The Labute approximate surface area is 154 Å². The molecule has 1 aromatic heterocycles. The van der Waals surface area contributed by atoms with Gasteiger partial charge >= 0.3 is 0 Å². The lowest BCUT2D eigenvalue weighted by atomic mass is 10.1. The lowest BCUT2D eigenvalue weighted by Crippen LogP contribution is -2.36. The zero-order chi connectivity index (χ0) is 18.4. The summed E-state index contributed by atoms with van der Waals surface area (Å²) in [6, 6.07) is 16.7. The van der Waals surface area contributed by atoms with Gasteiger partial charge in [-0.25, -0.2) is 4.99 Å². The standard InChI is InChI=1S/C21H26N4O/c1-4-22-21(24-14-18-12-20(15(2)3)25-26-18)23-13-17-10-7-9-16-8-5-6-11-19(16)17/h5-12,15H,4,13-14H2,1-3H3,(H2,22,23,24). The summed E-state index contributed by atoms with van der Waals surface area (Å²) in [5.41, 5.74) is 2.18. The minimum Gasteiger partial charge on any atom is -0.359 e. The number of nitrogens with zero attached hydrogens (tertiary/aromatic N) is 2. The maximum absolute atomic E-state index is 5.38. The highest BCUT2D eigenvalue weighted by Crippen LogP contribution is 2.19. The number of rotatable bonds is 6. The molecule has 136 valence electrons. The highest BCUT2D eigenvalue weighted by atomic mass is 16.5. The van der Waals surface area contributed by atoms with Crippen LogP contribution in [0.1, 0.15) is 43.7 Å². The second kappa shape index (κ2) is 8.52. The lowest BCUT2D eigenvalue weighted by molar-refractivity contribution is 0.372. The Kier molecular flexibility index (Phi) is 5.89. The van der Waals surface area contributed by atoms with Crippen LogP contribution in [0, 0.1) is 0 Å². The Morgan fingerprint density at radius 1 is 1.12 bits per heavy atom. The zero-order valence-electron chi connectivity index (χ0n) is 15.6. The van der Waals surface area contributed by atoms with Gasteiger partial charge in [-0.15, -0.1) is 0 Å². The largest absolute Gasteiger partial charge is 0.359 e. The molecule has 26 heavy (non-hydrogen) atoms. The smallest absolute Gasteiger partial charge is 0.191 e. The van der Waals surface area contributed by atoms with E-state index in [9.17, 15) is 0 Å². The van der Waals surface area contributed by atoms with Gasteiger partial charge in [-0.3, -0.25) is 0 Å². The van der Waals surface area contributed by atoms with Crippen molar-refractivity contribution in [1.29, 1.82) is 0 Å². The van der Waals surface area contributed by atoms with Gasteiger partial charge in [-0.1, -0.05) is 61.5 Å². The van der Waals surface area contributed by atoms with E-state index >= 15 is 0 Å². The maximum atomic E-state index is 5.38. The summed E-state index contributed by atoms with van der Waals surface area (Å²) in [5, 5.41) is 13.2. The van der Waals surface area contributed by atoms with Gasteiger partial charge in [-0.05, 0) is 29.2 Å². The summed E-state index contributed by atoms with van der Waals surface area (Å²) >= 11 is 0. The highest BCUT2D eigenvalue weighted by molar-refractivity contribution is 5.86. The quantitative estimate of drug-likeness (QED) is 0.516. The second-order valence-corrected chi connectivity index (χ2v) is 6.56. The van der Waals surface area contributed by atoms with E-state index in [2.05, 4.69) is 79.0 Å². The molecular weight excluding hydrogens is 324 g/mol. The summed E-state index contributed by atoms with van der Waals surface area (Å²) in [4.78, 5) is 4.72. The molecule has 5 heteroatoms. The van der Waals surface area contributed by atoms with E-state index in [4.69, 9.17) is 9.52 Å². The van der Waals surface area contributed by atoms with Crippen LogP contribution in [0.5, 0.6) is 0 Å². The molecule has 3 rings (SSSR count). The SMILES string of the molecule is CCNC(=NCc1cccc2ccccc12)NCc1cc(C(C)C)no1. The summed E-state index contributed by atoms with van der Waals surface area (Å²) in [6.45, 7) is 8.23. The molecule has 0 spiro atoms. The number of fused-ring (bicyclic) bond motifs is 1. The third-order valence-electron chi connectivity index (χ3n) is 4.23. The number of benzene rings is 2. The second-order valence-electron chi connectivity index (χ2n) is 6.56. The fourth-order valence-electron chi connectivity index (χ4n) is 2.79. The van der Waals surface area contributed by atoms with Crippen molar-refractivity contribution in [3.8, 4) is 0 Å². The molecular formula is C21H26N4O. The van der Waals surface area contributed by atoms with Crippen LogP contribution in [-0.4, -0.2) is 17.7 Å². The molecule has 2 aromatic carbocycles. The third-order valence-corrected chi connectivity index (χ3v) is 4.23. The molecule has 0 atom stereocenters. The molecule has 0 aliphatic heterocycles. The van der Waals surface area contributed by atoms with Crippen molar-refractivity contribution < 1.29 is 4.52 Å². The fraction of sp³-hybridized carbons (Fsp3) is 0.333. The van der Waals surface area contributed by atoms with E-state index < -0.39 is 0 Å². The van der Waals surface area contributed by atoms with Gasteiger partial charge in [0.1, 0.15) is 0 Å². The van der Waals surface area contributed by atoms with Crippen molar-refractivity contribution in [2.75, 3.05) is 6.54 Å². The van der Waals surface area contributed by atoms with Gasteiger partial charge in [0.25, 0.3) is 0 Å². The lowest BCUT2D eigenvalue weighted by Gasteiger charge is -2.10. The zero-order valence-corrected chi connectivity index (χ0v) is 15.6. The van der Waals surface area contributed by atoms with Crippen LogP contribution in [0.15, 0.2) is 58.0 Å². The number of hydrogen-bond acceptors (Lipinski definition) is 3. The van der Waals surface area contributed by atoms with Crippen molar-refractivity contribution in [3.63, 3.8) is 0 Å². The summed E-state index contributed by atoms with van der Waals surface area (Å²) < 4.78 is 5.38. The van der Waals surface area contributed by atoms with Crippen molar-refractivity contribution in [3.05, 3.63) is 65.5 Å². The predicted octanol–water partition coefficient (Wildman–Crippen LogP) is 4.21. The number of nitrogens with one attached hydrogen (secondary N) is 2. The summed E-state index contributed by atoms with van der Waals surface area (Å²) in [5.74, 6) is 1.94. The number of guanidine groups is 1. The Hall–Kier alpha value is -2.82. The van der Waals surface area contributed by atoms with Gasteiger partial charge in [0, 0.05) is 12.6 Å². The molecule has 0 radical (unpaired) electrons. The molecule has 2 N–H and O–H groups in total. The highest BCUT2D eigenvalue weighted by Gasteiger charge is 2.08. The molecule has 1 heterocycles. The van der Waals surface area contributed by atoms with Gasteiger partial charge in [0.15, 0.2) is 11.7 Å². The van der Waals surface area contributed by atoms with Crippen molar-refractivity contribution >= 4 is 16.7 Å². The van der Waals surface area contributed by atoms with Crippen molar-refractivity contribution in [2.24, 2.45) is 4.99 Å². The van der Waals surface area contributed by atoms with Crippen LogP contribution in [0.4, 0.5) is 0 Å². The first kappa shape index (κ1) is 18.0. The molecule has 0 saturated carbocycles. The van der Waals surface area contributed by atoms with Gasteiger partial charge in [0.05, 0.1) is 18.8 Å². The number of aliphatic imine (C=N–C) groups is 1. The molecule has 0 unspecified atom stereocenters. The number of hydrogen-bond donors (Lipinski definition) is 2. The first-order valence-corrected chi connectivity index (χ1v) is 9.11. The van der Waals surface area contributed by atoms with Crippen molar-refractivity contribution in [2.45, 2.75) is 39.8 Å². The minimum absolute atomic E-state index is 0.362. The van der Waals surface area contributed by atoms with Crippen LogP contribution in [0.25, 0.3) is 10.8 Å². The van der Waals surface area contributed by atoms with Crippen LogP contribution in [0.3, 0.4) is 0 Å². The van der Waals surface area contributed by atoms with Crippen LogP contribution in [0.2, 0.25) is 0 Å². The van der Waals surface area contributed by atoms with Gasteiger partial charge in [-0.2, -0.15) is 0 Å². The fourth-order valence-corrected chi connectivity index (χ4v) is 2.79. The number of aromatic nitrogens is 1. The Balaban J connectivity index is 1.70.